The van der Waals surface area contributed by atoms with Crippen molar-refractivity contribution in [3.63, 3.8) is 0 Å². The molecule has 0 bridgehead atoms. The normalized spacial score (nSPS) is 12.5. The average Bonchev–Trinajstić information content (AvgIpc) is 3.47. The van der Waals surface area contributed by atoms with Crippen LogP contribution in [-0.4, -0.2) is 15.0 Å². The summed E-state index contributed by atoms with van der Waals surface area (Å²) in [5.41, 5.74) is 14.4. The van der Waals surface area contributed by atoms with E-state index in [1.54, 1.807) is 0 Å². The minimum atomic E-state index is -0.189. The number of aromatic nitrogens is 3. The Labute approximate surface area is 309 Å². The first-order chi connectivity index (χ1) is 26.0. The third kappa shape index (κ3) is 5.79. The molecule has 0 atom stereocenters. The van der Waals surface area contributed by atoms with Crippen LogP contribution in [0.5, 0.6) is 0 Å². The van der Waals surface area contributed by atoms with Crippen molar-refractivity contribution in [1.82, 2.24) is 15.0 Å². The third-order valence-electron chi connectivity index (χ3n) is 10.3. The molecule has 0 saturated carbocycles. The molecule has 4 nitrogen and oxygen atoms in total. The molecule has 0 saturated heterocycles. The lowest BCUT2D eigenvalue weighted by Crippen LogP contribution is -2.14. The Hall–Kier alpha value is -6.96. The SMILES string of the molecule is CC1(C)c2ccc(-c3cccc(-c4nc(-c5ccccc5)nc(-c5cc(-c6ccccc6)cc(-c6ccccc6)c5)n4)c3)cc2-c2c(C#N)cccc21. The summed E-state index contributed by atoms with van der Waals surface area (Å²) in [5.74, 6) is 1.82. The fourth-order valence-electron chi connectivity index (χ4n) is 7.62. The molecule has 0 fully saturated rings. The number of rotatable bonds is 6. The summed E-state index contributed by atoms with van der Waals surface area (Å²) in [6, 6.07) is 61.1. The van der Waals surface area contributed by atoms with Gasteiger partial charge in [-0.3, -0.25) is 0 Å². The highest BCUT2D eigenvalue weighted by Crippen LogP contribution is 2.51. The molecule has 1 aromatic heterocycles. The maximum Gasteiger partial charge on any atom is 0.164 e. The minimum Gasteiger partial charge on any atom is -0.208 e. The molecule has 0 unspecified atom stereocenters. The summed E-state index contributed by atoms with van der Waals surface area (Å²) < 4.78 is 0. The molecule has 9 rings (SSSR count). The van der Waals surface area contributed by atoms with Gasteiger partial charge in [0.25, 0.3) is 0 Å². The first-order valence-electron chi connectivity index (χ1n) is 17.8. The van der Waals surface area contributed by atoms with E-state index in [9.17, 15) is 5.26 Å². The second-order valence-corrected chi connectivity index (χ2v) is 14.0. The number of nitrogens with zero attached hydrogens (tertiary/aromatic N) is 4. The highest BCUT2D eigenvalue weighted by Gasteiger charge is 2.36. The molecule has 0 aliphatic heterocycles. The Morgan fingerprint density at radius 3 is 1.49 bits per heavy atom. The van der Waals surface area contributed by atoms with Gasteiger partial charge in [0.2, 0.25) is 0 Å². The third-order valence-corrected chi connectivity index (χ3v) is 10.3. The van der Waals surface area contributed by atoms with Gasteiger partial charge in [-0.1, -0.05) is 147 Å². The zero-order valence-corrected chi connectivity index (χ0v) is 29.5. The summed E-state index contributed by atoms with van der Waals surface area (Å²) >= 11 is 0. The highest BCUT2D eigenvalue weighted by molar-refractivity contribution is 5.88. The molecule has 0 radical (unpaired) electrons. The molecule has 7 aromatic carbocycles. The second kappa shape index (κ2) is 13.0. The largest absolute Gasteiger partial charge is 0.208 e. The minimum absolute atomic E-state index is 0.189. The predicted octanol–water partition coefficient (Wildman–Crippen LogP) is 12.1. The van der Waals surface area contributed by atoms with Gasteiger partial charge < -0.3 is 0 Å². The predicted molar refractivity (Wildman–Crippen MR) is 215 cm³/mol. The zero-order chi connectivity index (χ0) is 35.9. The maximum absolute atomic E-state index is 10.0. The summed E-state index contributed by atoms with van der Waals surface area (Å²) in [7, 11) is 0. The van der Waals surface area contributed by atoms with Gasteiger partial charge in [0.05, 0.1) is 11.6 Å². The van der Waals surface area contributed by atoms with E-state index in [0.29, 0.717) is 23.0 Å². The van der Waals surface area contributed by atoms with Crippen molar-refractivity contribution in [1.29, 1.82) is 5.26 Å². The van der Waals surface area contributed by atoms with E-state index in [4.69, 9.17) is 15.0 Å². The molecule has 8 aromatic rings. The van der Waals surface area contributed by atoms with Crippen LogP contribution >= 0.6 is 0 Å². The monoisotopic (exact) mass is 678 g/mol. The van der Waals surface area contributed by atoms with Crippen molar-refractivity contribution in [3.05, 3.63) is 187 Å². The van der Waals surface area contributed by atoms with Crippen molar-refractivity contribution in [2.45, 2.75) is 19.3 Å². The Balaban J connectivity index is 1.20. The fourth-order valence-corrected chi connectivity index (χ4v) is 7.62. The second-order valence-electron chi connectivity index (χ2n) is 14.0. The van der Waals surface area contributed by atoms with Crippen LogP contribution in [0.15, 0.2) is 170 Å². The van der Waals surface area contributed by atoms with Gasteiger partial charge >= 0.3 is 0 Å². The van der Waals surface area contributed by atoms with E-state index in [1.807, 2.05) is 54.6 Å². The lowest BCUT2D eigenvalue weighted by Gasteiger charge is -2.21. The number of benzene rings is 7. The van der Waals surface area contributed by atoms with Gasteiger partial charge in [-0.15, -0.1) is 0 Å². The van der Waals surface area contributed by atoms with E-state index in [2.05, 4.69) is 135 Å². The van der Waals surface area contributed by atoms with E-state index in [-0.39, 0.29) is 5.41 Å². The van der Waals surface area contributed by atoms with Crippen LogP contribution in [0.1, 0.15) is 30.5 Å². The molecular weight excluding hydrogens is 645 g/mol. The summed E-state index contributed by atoms with van der Waals surface area (Å²) in [4.78, 5) is 15.3. The van der Waals surface area contributed by atoms with E-state index < -0.39 is 0 Å². The van der Waals surface area contributed by atoms with Gasteiger partial charge in [0.1, 0.15) is 0 Å². The molecule has 53 heavy (non-hydrogen) atoms. The Morgan fingerprint density at radius 2 is 0.868 bits per heavy atom. The van der Waals surface area contributed by atoms with Gasteiger partial charge in [-0.25, -0.2) is 15.0 Å². The Kier molecular flexibility index (Phi) is 7.83. The quantitative estimate of drug-likeness (QED) is 0.176. The summed E-state index contributed by atoms with van der Waals surface area (Å²) in [6.45, 7) is 4.47. The molecule has 0 spiro atoms. The van der Waals surface area contributed by atoms with Crippen LogP contribution in [0.3, 0.4) is 0 Å². The number of hydrogen-bond acceptors (Lipinski definition) is 4. The molecule has 250 valence electrons. The van der Waals surface area contributed by atoms with Crippen molar-refractivity contribution in [2.75, 3.05) is 0 Å². The smallest absolute Gasteiger partial charge is 0.164 e. The lowest BCUT2D eigenvalue weighted by molar-refractivity contribution is 0.660. The Bertz CT molecular complexity index is 2630. The molecule has 0 amide bonds. The van der Waals surface area contributed by atoms with Crippen molar-refractivity contribution in [3.8, 4) is 84.7 Å². The number of hydrogen-bond donors (Lipinski definition) is 0. The van der Waals surface area contributed by atoms with Gasteiger partial charge in [0, 0.05) is 27.7 Å². The van der Waals surface area contributed by atoms with Crippen molar-refractivity contribution >= 4 is 0 Å². The van der Waals surface area contributed by atoms with E-state index in [0.717, 1.165) is 61.2 Å². The number of fused-ring (bicyclic) bond motifs is 3. The highest BCUT2D eigenvalue weighted by atomic mass is 15.0. The summed E-state index contributed by atoms with van der Waals surface area (Å²) in [6.07, 6.45) is 0. The first kappa shape index (κ1) is 32.0. The van der Waals surface area contributed by atoms with Crippen LogP contribution in [-0.2, 0) is 5.41 Å². The molecule has 1 aliphatic rings. The molecule has 1 aliphatic carbocycles. The van der Waals surface area contributed by atoms with Crippen molar-refractivity contribution < 1.29 is 0 Å². The topological polar surface area (TPSA) is 62.5 Å². The summed E-state index contributed by atoms with van der Waals surface area (Å²) in [5, 5.41) is 10.0. The van der Waals surface area contributed by atoms with Crippen LogP contribution in [0, 0.1) is 11.3 Å². The molecule has 4 heteroatoms. The Morgan fingerprint density at radius 1 is 0.396 bits per heavy atom. The van der Waals surface area contributed by atoms with Crippen LogP contribution in [0.2, 0.25) is 0 Å². The average molecular weight is 679 g/mol. The molecule has 0 N–H and O–H groups in total. The lowest BCUT2D eigenvalue weighted by atomic mass is 9.82. The fraction of sp³-hybridized carbons (Fsp3) is 0.0612. The van der Waals surface area contributed by atoms with Crippen LogP contribution < -0.4 is 0 Å². The van der Waals surface area contributed by atoms with E-state index >= 15 is 0 Å². The van der Waals surface area contributed by atoms with Crippen LogP contribution in [0.4, 0.5) is 0 Å². The van der Waals surface area contributed by atoms with Gasteiger partial charge in [-0.05, 0) is 86.5 Å². The standard InChI is InChI=1S/C49H34N4/c1-49(2)43-25-24-36(30-42(43)45-38(31-50)22-13-23-44(45)49)35-20-12-21-37(26-35)47-51-46(34-18-10-5-11-19-34)52-48(53-47)41-28-39(32-14-6-3-7-15-32)27-40(29-41)33-16-8-4-9-17-33/h3-30H,1-2H3. The number of nitriles is 1. The van der Waals surface area contributed by atoms with E-state index in [1.165, 1.54) is 11.1 Å². The van der Waals surface area contributed by atoms with Gasteiger partial charge in [0.15, 0.2) is 17.5 Å². The van der Waals surface area contributed by atoms with Crippen molar-refractivity contribution in [2.24, 2.45) is 0 Å². The zero-order valence-electron chi connectivity index (χ0n) is 29.5. The first-order valence-corrected chi connectivity index (χ1v) is 17.8. The molecular formula is C49H34N4. The van der Waals surface area contributed by atoms with Gasteiger partial charge in [-0.2, -0.15) is 5.26 Å². The maximum atomic E-state index is 10.0. The van der Waals surface area contributed by atoms with Crippen LogP contribution in [0.25, 0.3) is 78.7 Å². The molecule has 1 heterocycles.